The Morgan fingerprint density at radius 1 is 0.833 bits per heavy atom. The molecule has 1 aliphatic heterocycles. The topological polar surface area (TPSA) is 98.1 Å². The molecule has 1 saturated carbocycles. The van der Waals surface area contributed by atoms with E-state index >= 15 is 0 Å². The van der Waals surface area contributed by atoms with Gasteiger partial charge in [0, 0.05) is 49.5 Å². The van der Waals surface area contributed by atoms with E-state index in [1.807, 2.05) is 151 Å². The van der Waals surface area contributed by atoms with Crippen LogP contribution in [0.15, 0.2) is 133 Å². The first-order valence-electron chi connectivity index (χ1n) is 18.0. The van der Waals surface area contributed by atoms with Gasteiger partial charge in [0.05, 0.1) is 17.7 Å². The lowest BCUT2D eigenvalue weighted by molar-refractivity contribution is -0.120. The highest BCUT2D eigenvalue weighted by molar-refractivity contribution is 7.12. The van der Waals surface area contributed by atoms with Crippen molar-refractivity contribution in [3.05, 3.63) is 160 Å². The lowest BCUT2D eigenvalue weighted by Crippen LogP contribution is -2.17. The number of imidazole rings is 1. The van der Waals surface area contributed by atoms with Gasteiger partial charge in [-0.15, -0.1) is 11.3 Å². The van der Waals surface area contributed by atoms with E-state index in [2.05, 4.69) is 11.9 Å². The van der Waals surface area contributed by atoms with E-state index in [1.54, 1.807) is 25.9 Å². The largest absolute Gasteiger partial charge is 0.497 e. The van der Waals surface area contributed by atoms with Gasteiger partial charge in [-0.1, -0.05) is 85.8 Å². The molecule has 1 amide bonds. The Bertz CT molecular complexity index is 1990. The number of rotatable bonds is 4. The van der Waals surface area contributed by atoms with Crippen molar-refractivity contribution in [1.29, 1.82) is 0 Å². The highest BCUT2D eigenvalue weighted by Crippen LogP contribution is 2.23. The number of fused-ring (bicyclic) bond motifs is 2. The number of hydrogen-bond acceptors (Lipinski definition) is 7. The molecule has 3 aromatic carbocycles. The summed E-state index contributed by atoms with van der Waals surface area (Å²) in [5, 5.41) is 1.90. The fraction of sp³-hybridized carbons (Fsp3) is 0.267. The summed E-state index contributed by atoms with van der Waals surface area (Å²) in [6, 6.07) is 36.3. The number of amides is 1. The summed E-state index contributed by atoms with van der Waals surface area (Å²) in [5.74, 6) is 2.24. The number of nitrogens with zero attached hydrogens (tertiary/aromatic N) is 3. The number of para-hydroxylation sites is 1. The van der Waals surface area contributed by atoms with Gasteiger partial charge in [-0.3, -0.25) is 19.2 Å². The van der Waals surface area contributed by atoms with Crippen molar-refractivity contribution in [2.45, 2.75) is 59.9 Å². The predicted molar refractivity (Wildman–Crippen MR) is 219 cm³/mol. The summed E-state index contributed by atoms with van der Waals surface area (Å²) in [6.45, 7) is 7.98. The van der Waals surface area contributed by atoms with Crippen molar-refractivity contribution in [3.8, 4) is 5.75 Å². The molecule has 8 nitrogen and oxygen atoms in total. The van der Waals surface area contributed by atoms with Crippen LogP contribution >= 0.6 is 11.3 Å². The Balaban J connectivity index is 0.000000175. The van der Waals surface area contributed by atoms with Crippen LogP contribution < -0.4 is 4.74 Å². The van der Waals surface area contributed by atoms with Gasteiger partial charge >= 0.3 is 0 Å². The van der Waals surface area contributed by atoms with Gasteiger partial charge in [0.2, 0.25) is 0 Å². The van der Waals surface area contributed by atoms with Gasteiger partial charge < -0.3 is 14.0 Å². The normalized spacial score (nSPS) is 13.5. The first kappa shape index (κ1) is 42.7. The number of pyridine rings is 1. The van der Waals surface area contributed by atoms with Crippen LogP contribution in [0.25, 0.3) is 5.65 Å². The standard InChI is InChI=1S/C9H9NO.C8H8N2.C8H8O.C7H8O.C7H12O.C6H6OS/c1-10-6-7-4-2-3-5-8(7)9(10)11;1-7-6-10-5-3-2-4-8(10)9-7;1-7(9)8-5-3-2-4-6-8;1-8-7-5-3-2-4-6-7;1-2-6-4-3-5-7(6)8;1-5(7)6-3-2-4-8-6/h2-5H,6H2,1H3;2-6H,1H3;2-6H,1H3;2-6H,1H3;6H,2-5H2,1H3;2-4H,1H3. The molecule has 0 radical (unpaired) electrons. The van der Waals surface area contributed by atoms with Gasteiger partial charge in [-0.2, -0.15) is 0 Å². The van der Waals surface area contributed by atoms with E-state index in [0.717, 1.165) is 70.9 Å². The van der Waals surface area contributed by atoms with Crippen LogP contribution in [0.3, 0.4) is 0 Å². The minimum absolute atomic E-state index is 0.121. The molecular formula is C45H51N3O5S. The van der Waals surface area contributed by atoms with Crippen molar-refractivity contribution < 1.29 is 23.9 Å². The Morgan fingerprint density at radius 2 is 1.48 bits per heavy atom. The summed E-state index contributed by atoms with van der Waals surface area (Å²) in [5.41, 5.74) is 4.85. The fourth-order valence-corrected chi connectivity index (χ4v) is 6.12. The summed E-state index contributed by atoms with van der Waals surface area (Å²) in [7, 11) is 3.48. The number of aryl methyl sites for hydroxylation is 1. The number of ketones is 3. The van der Waals surface area contributed by atoms with Crippen LogP contribution in [0.5, 0.6) is 5.75 Å². The lowest BCUT2D eigenvalue weighted by atomic mass is 10.1. The van der Waals surface area contributed by atoms with Gasteiger partial charge in [0.15, 0.2) is 11.6 Å². The van der Waals surface area contributed by atoms with Gasteiger partial charge in [-0.05, 0) is 87.4 Å². The Morgan fingerprint density at radius 3 is 1.94 bits per heavy atom. The van der Waals surface area contributed by atoms with Crippen LogP contribution in [-0.4, -0.2) is 51.7 Å². The maximum absolute atomic E-state index is 11.3. The van der Waals surface area contributed by atoms with Gasteiger partial charge in [0.25, 0.3) is 5.91 Å². The van der Waals surface area contributed by atoms with E-state index < -0.39 is 0 Å². The smallest absolute Gasteiger partial charge is 0.254 e. The third-order valence-electron chi connectivity index (χ3n) is 8.44. The minimum atomic E-state index is 0.121. The average Bonchev–Trinajstić information content (AvgIpc) is 4.01. The number of hydrogen-bond donors (Lipinski definition) is 0. The quantitative estimate of drug-likeness (QED) is 0.167. The molecule has 4 heterocycles. The van der Waals surface area contributed by atoms with Crippen molar-refractivity contribution in [3.63, 3.8) is 0 Å². The van der Waals surface area contributed by atoms with Gasteiger partial charge in [-0.25, -0.2) is 4.98 Å². The summed E-state index contributed by atoms with van der Waals surface area (Å²) >= 11 is 1.48. The van der Waals surface area contributed by atoms with E-state index in [0.29, 0.717) is 11.7 Å². The zero-order valence-electron chi connectivity index (χ0n) is 32.1. The summed E-state index contributed by atoms with van der Waals surface area (Å²) in [4.78, 5) is 50.1. The maximum atomic E-state index is 11.3. The third kappa shape index (κ3) is 14.4. The zero-order chi connectivity index (χ0) is 39.3. The second-order valence-electron chi connectivity index (χ2n) is 12.6. The second-order valence-corrected chi connectivity index (χ2v) is 13.6. The maximum Gasteiger partial charge on any atom is 0.254 e. The number of aromatic nitrogens is 2. The molecule has 1 aliphatic carbocycles. The molecule has 54 heavy (non-hydrogen) atoms. The fourth-order valence-electron chi connectivity index (χ4n) is 5.49. The highest BCUT2D eigenvalue weighted by atomic mass is 32.1. The Kier molecular flexibility index (Phi) is 18.3. The summed E-state index contributed by atoms with van der Waals surface area (Å²) < 4.78 is 6.92. The molecule has 0 saturated heterocycles. The molecule has 0 N–H and O–H groups in total. The Hall–Kier alpha value is -5.67. The molecule has 0 spiro atoms. The van der Waals surface area contributed by atoms with Crippen molar-refractivity contribution >= 4 is 40.2 Å². The molecule has 282 valence electrons. The molecule has 2 aliphatic rings. The minimum Gasteiger partial charge on any atom is -0.497 e. The van der Waals surface area contributed by atoms with Crippen LogP contribution in [0.2, 0.25) is 0 Å². The van der Waals surface area contributed by atoms with Crippen LogP contribution in [0.1, 0.15) is 88.1 Å². The second kappa shape index (κ2) is 23.1. The van der Waals surface area contributed by atoms with E-state index in [9.17, 15) is 19.2 Å². The van der Waals surface area contributed by atoms with E-state index in [1.165, 1.54) is 11.3 Å². The van der Waals surface area contributed by atoms with Crippen LogP contribution in [0, 0.1) is 12.8 Å². The van der Waals surface area contributed by atoms with Crippen LogP contribution in [-0.2, 0) is 11.3 Å². The van der Waals surface area contributed by atoms with E-state index in [-0.39, 0.29) is 17.5 Å². The first-order valence-corrected chi connectivity index (χ1v) is 18.9. The average molecular weight is 746 g/mol. The van der Waals surface area contributed by atoms with Crippen LogP contribution in [0.4, 0.5) is 0 Å². The number of thiophene rings is 1. The van der Waals surface area contributed by atoms with Crippen molar-refractivity contribution in [1.82, 2.24) is 14.3 Å². The molecule has 3 aromatic heterocycles. The van der Waals surface area contributed by atoms with Crippen molar-refractivity contribution in [2.75, 3.05) is 14.2 Å². The number of carbonyl (C=O) groups excluding carboxylic acids is 4. The molecule has 0 bridgehead atoms. The van der Waals surface area contributed by atoms with Gasteiger partial charge in [0.1, 0.15) is 17.2 Å². The lowest BCUT2D eigenvalue weighted by Gasteiger charge is -2.04. The Labute approximate surface area is 323 Å². The molecule has 6 aromatic rings. The molecular weight excluding hydrogens is 695 g/mol. The monoisotopic (exact) mass is 745 g/mol. The number of carbonyl (C=O) groups is 4. The number of benzene rings is 3. The third-order valence-corrected chi connectivity index (χ3v) is 9.41. The number of ether oxygens (including phenoxy) is 1. The van der Waals surface area contributed by atoms with Crippen molar-refractivity contribution in [2.24, 2.45) is 5.92 Å². The van der Waals surface area contributed by atoms with E-state index in [4.69, 9.17) is 4.74 Å². The molecule has 1 unspecified atom stereocenters. The molecule has 9 heteroatoms. The molecule has 8 rings (SSSR count). The number of methoxy groups -OCH3 is 1. The predicted octanol–water partition coefficient (Wildman–Crippen LogP) is 10.2. The first-order chi connectivity index (χ1) is 26.0. The SMILES string of the molecule is CC(=O)c1ccccc1.CC(=O)c1cccs1.CCC1CCCC1=O.CN1Cc2ccccc2C1=O.COc1ccccc1.Cc1cn2ccccc2n1. The summed E-state index contributed by atoms with van der Waals surface area (Å²) in [6.07, 6.45) is 8.19. The molecule has 1 atom stereocenters. The zero-order valence-corrected chi connectivity index (χ0v) is 32.9. The highest BCUT2D eigenvalue weighted by Gasteiger charge is 2.23. The number of Topliss-reactive ketones (excluding diaryl/α,β-unsaturated/α-hetero) is 3. The molecule has 1 fully saturated rings.